The zero-order valence-electron chi connectivity index (χ0n) is 40.0. The second-order valence-corrected chi connectivity index (χ2v) is 17.0. The van der Waals surface area contributed by atoms with Crippen LogP contribution in [0, 0.1) is 12.7 Å². The minimum Gasteiger partial charge on any atom is -0.497 e. The molecule has 0 atom stereocenters. The largest absolute Gasteiger partial charge is 0.497 e. The molecule has 6 aromatic rings. The van der Waals surface area contributed by atoms with E-state index in [1.807, 2.05) is 39.0 Å². The maximum atomic E-state index is 14.6. The summed E-state index contributed by atoms with van der Waals surface area (Å²) >= 11 is 0. The normalized spacial score (nSPS) is 13.2. The predicted octanol–water partition coefficient (Wildman–Crippen LogP) is 8.41. The number of carbonyl (C=O) groups is 3. The Morgan fingerprint density at radius 2 is 1.14 bits per heavy atom. The number of aromatic carboxylic acids is 2. The average molecular weight is 958 g/mol. The monoisotopic (exact) mass is 957 g/mol. The number of aromatic nitrogens is 3. The number of aryl methyl sites for hydroxylation is 3. The highest BCUT2D eigenvalue weighted by Gasteiger charge is 2.29. The van der Waals surface area contributed by atoms with Gasteiger partial charge in [-0.2, -0.15) is 0 Å². The van der Waals surface area contributed by atoms with Crippen molar-refractivity contribution >= 4 is 29.3 Å². The molecule has 8 rings (SSSR count). The number of H-pyrrole nitrogens is 3. The van der Waals surface area contributed by atoms with Gasteiger partial charge in [0.25, 0.3) is 16.7 Å². The zero-order valence-corrected chi connectivity index (χ0v) is 40.0. The summed E-state index contributed by atoms with van der Waals surface area (Å²) in [4.78, 5) is 87.9. The van der Waals surface area contributed by atoms with E-state index in [9.17, 15) is 38.3 Å². The number of carboxylic acids is 2. The molecule has 3 aromatic heterocycles. The summed E-state index contributed by atoms with van der Waals surface area (Å²) in [6.07, 6.45) is 5.68. The van der Waals surface area contributed by atoms with Crippen LogP contribution in [0.15, 0.2) is 81.1 Å². The summed E-state index contributed by atoms with van der Waals surface area (Å²) in [6.45, 7) is 11.3. The average Bonchev–Trinajstić information content (AvgIpc) is 4.10. The van der Waals surface area contributed by atoms with E-state index in [0.717, 1.165) is 74.4 Å². The topological polar surface area (TPSA) is 224 Å². The maximum Gasteiger partial charge on any atom is 0.349 e. The number of ether oxygens (including phenoxy) is 3. The number of carbonyl (C=O) groups excluding carboxylic acids is 1. The third-order valence-corrected chi connectivity index (χ3v) is 12.8. The lowest BCUT2D eigenvalue weighted by molar-refractivity contribution is 0.0669. The van der Waals surface area contributed by atoms with Crippen molar-refractivity contribution in [3.63, 3.8) is 0 Å². The zero-order chi connectivity index (χ0) is 50.4. The first-order valence-electron chi connectivity index (χ1n) is 23.3. The molecule has 0 radical (unpaired) electrons. The van der Waals surface area contributed by atoms with Crippen molar-refractivity contribution in [2.24, 2.45) is 0 Å². The van der Waals surface area contributed by atoms with Gasteiger partial charge in [0.1, 0.15) is 28.4 Å². The lowest BCUT2D eigenvalue weighted by atomic mass is 9.97. The molecule has 3 aromatic carbocycles. The summed E-state index contributed by atoms with van der Waals surface area (Å²) in [7, 11) is 2.94. The van der Waals surface area contributed by atoms with Gasteiger partial charge in [0.15, 0.2) is 11.3 Å². The minimum atomic E-state index is -1.58. The van der Waals surface area contributed by atoms with Crippen molar-refractivity contribution < 1.29 is 43.2 Å². The molecule has 2 fully saturated rings. The van der Waals surface area contributed by atoms with Gasteiger partial charge < -0.3 is 49.2 Å². The van der Waals surface area contributed by atoms with Crippen LogP contribution in [0.1, 0.15) is 99.8 Å². The number of hydrogen-bond acceptors (Lipinski definition) is 11. The number of pyridine rings is 3. The first-order chi connectivity index (χ1) is 33.6. The van der Waals surface area contributed by atoms with E-state index in [1.54, 1.807) is 31.2 Å². The van der Waals surface area contributed by atoms with Gasteiger partial charge in [-0.1, -0.05) is 26.8 Å². The van der Waals surface area contributed by atoms with Gasteiger partial charge in [0.05, 0.1) is 31.3 Å². The van der Waals surface area contributed by atoms with Crippen LogP contribution in [0.25, 0.3) is 33.8 Å². The van der Waals surface area contributed by atoms with Gasteiger partial charge in [-0.3, -0.25) is 14.4 Å². The highest BCUT2D eigenvalue weighted by atomic mass is 19.1. The lowest BCUT2D eigenvalue weighted by Gasteiger charge is -2.20. The molecule has 5 N–H and O–H groups in total. The molecule has 0 unspecified atom stereocenters. The molecule has 0 bridgehead atoms. The van der Waals surface area contributed by atoms with Crippen LogP contribution in [-0.2, 0) is 19.3 Å². The van der Waals surface area contributed by atoms with Crippen molar-refractivity contribution in [3.05, 3.63) is 143 Å². The van der Waals surface area contributed by atoms with Crippen molar-refractivity contribution in [2.45, 2.75) is 72.6 Å². The van der Waals surface area contributed by atoms with E-state index in [4.69, 9.17) is 19.3 Å². The Kier molecular flexibility index (Phi) is 15.4. The predicted molar refractivity (Wildman–Crippen MR) is 265 cm³/mol. The van der Waals surface area contributed by atoms with Crippen molar-refractivity contribution in [2.75, 3.05) is 50.2 Å². The molecule has 0 spiro atoms. The van der Waals surface area contributed by atoms with Crippen LogP contribution in [-0.4, -0.2) is 83.5 Å². The second kappa shape index (κ2) is 21.6. The number of nitrogens with one attached hydrogen (secondary N) is 3. The number of rotatable bonds is 14. The standard InChI is InChI=1S/C35H37N3O8.C18H19FN2O3/c1-6-20-17-26(32(39)36-29(20)24-12-10-21(16-19(24)3)38-14-8-9-15-38)35(43)46-31-23(7-2)30(37-33(40)28(31)34(41)42)25-13-11-22(44-4)18-27(25)45-5;1-2-11-9-14(18(23)24)17(22)20-16(11)13-6-5-12(10-15(13)19)21-7-3-4-8-21/h10-13,16-18H,6-9,14-15H2,1-5H3,(H,36,39)(H,37,40)(H,41,42);5-6,9-10H,2-4,7-8H2,1H3,(H,20,22)(H,23,24). The third kappa shape index (κ3) is 10.2. The van der Waals surface area contributed by atoms with E-state index in [1.165, 1.54) is 32.4 Å². The van der Waals surface area contributed by atoms with Crippen LogP contribution < -0.4 is 40.7 Å². The fourth-order valence-corrected chi connectivity index (χ4v) is 9.12. The van der Waals surface area contributed by atoms with Crippen LogP contribution in [0.5, 0.6) is 17.2 Å². The molecule has 366 valence electrons. The number of aromatic amines is 3. The molecular weight excluding hydrogens is 902 g/mol. The molecule has 2 saturated heterocycles. The Morgan fingerprint density at radius 1 is 0.614 bits per heavy atom. The Balaban J connectivity index is 0.000000252. The first kappa shape index (κ1) is 49.9. The Labute approximate surface area is 402 Å². The minimum absolute atomic E-state index is 0.173. The number of esters is 1. The van der Waals surface area contributed by atoms with E-state index in [2.05, 4.69) is 30.8 Å². The Bertz CT molecular complexity index is 3160. The molecule has 5 heterocycles. The number of hydrogen-bond donors (Lipinski definition) is 5. The molecule has 17 heteroatoms. The Morgan fingerprint density at radius 3 is 1.66 bits per heavy atom. The fraction of sp³-hybridized carbons (Fsp3) is 0.321. The van der Waals surface area contributed by atoms with Gasteiger partial charge in [-0.05, 0) is 123 Å². The molecule has 2 aliphatic rings. The van der Waals surface area contributed by atoms with Gasteiger partial charge in [-0.15, -0.1) is 0 Å². The van der Waals surface area contributed by atoms with Gasteiger partial charge in [0, 0.05) is 65.9 Å². The SMILES string of the molecule is CCc1cc(C(=O)O)c(=O)[nH]c1-c1ccc(N2CCCC2)cc1F.CCc1cc(C(=O)Oc2c(CC)c(-c3ccc(OC)cc3OC)[nH]c(=O)c2C(=O)O)c(=O)[nH]c1-c1ccc(N2CCCC2)cc1C. The maximum absolute atomic E-state index is 14.6. The van der Waals surface area contributed by atoms with Gasteiger partial charge in [0.2, 0.25) is 0 Å². The van der Waals surface area contributed by atoms with E-state index >= 15 is 0 Å². The quantitative estimate of drug-likeness (QED) is 0.0648. The summed E-state index contributed by atoms with van der Waals surface area (Å²) in [6, 6.07) is 18.8. The molecular formula is C53H56FN5O11. The Hall–Kier alpha value is -7.95. The third-order valence-electron chi connectivity index (χ3n) is 12.8. The number of benzene rings is 3. The van der Waals surface area contributed by atoms with E-state index < -0.39 is 51.7 Å². The van der Waals surface area contributed by atoms with Crippen molar-refractivity contribution in [1.29, 1.82) is 0 Å². The van der Waals surface area contributed by atoms with Crippen molar-refractivity contribution in [3.8, 4) is 51.0 Å². The molecule has 0 aliphatic carbocycles. The van der Waals surface area contributed by atoms with Crippen LogP contribution in [0.3, 0.4) is 0 Å². The summed E-state index contributed by atoms with van der Waals surface area (Å²) in [5.74, 6) is -3.98. The number of carboxylic acid groups (broad SMARTS) is 2. The summed E-state index contributed by atoms with van der Waals surface area (Å²) < 4.78 is 31.1. The van der Waals surface area contributed by atoms with E-state index in [-0.39, 0.29) is 34.4 Å². The number of halogens is 1. The molecule has 16 nitrogen and oxygen atoms in total. The van der Waals surface area contributed by atoms with Crippen molar-refractivity contribution in [1.82, 2.24) is 15.0 Å². The highest BCUT2D eigenvalue weighted by molar-refractivity contribution is 5.97. The molecule has 70 heavy (non-hydrogen) atoms. The van der Waals surface area contributed by atoms with Crippen LogP contribution in [0.4, 0.5) is 15.8 Å². The van der Waals surface area contributed by atoms with Crippen LogP contribution >= 0.6 is 0 Å². The number of methoxy groups -OCH3 is 2. The summed E-state index contributed by atoms with van der Waals surface area (Å²) in [5.41, 5.74) is 3.39. The smallest absolute Gasteiger partial charge is 0.349 e. The molecule has 0 amide bonds. The number of anilines is 2. The lowest BCUT2D eigenvalue weighted by Crippen LogP contribution is -2.27. The van der Waals surface area contributed by atoms with Gasteiger partial charge >= 0.3 is 17.9 Å². The second-order valence-electron chi connectivity index (χ2n) is 17.0. The highest BCUT2D eigenvalue weighted by Crippen LogP contribution is 2.38. The van der Waals surface area contributed by atoms with E-state index in [0.29, 0.717) is 52.4 Å². The summed E-state index contributed by atoms with van der Waals surface area (Å²) in [5, 5.41) is 19.0. The molecule has 0 saturated carbocycles. The van der Waals surface area contributed by atoms with Crippen LogP contribution in [0.2, 0.25) is 0 Å². The first-order valence-corrected chi connectivity index (χ1v) is 23.3. The molecule has 2 aliphatic heterocycles. The fourth-order valence-electron chi connectivity index (χ4n) is 9.12. The van der Waals surface area contributed by atoms with Gasteiger partial charge in [-0.25, -0.2) is 18.8 Å². The number of nitrogens with zero attached hydrogens (tertiary/aromatic N) is 2.